The van der Waals surface area contributed by atoms with Crippen LogP contribution in [0.4, 0.5) is 0 Å². The molecule has 0 amide bonds. The van der Waals surface area contributed by atoms with E-state index in [9.17, 15) is 0 Å². The van der Waals surface area contributed by atoms with Crippen molar-refractivity contribution in [2.75, 3.05) is 0 Å². The lowest BCUT2D eigenvalue weighted by Gasteiger charge is -2.21. The summed E-state index contributed by atoms with van der Waals surface area (Å²) in [5.74, 6) is 1.76. The normalized spacial score (nSPS) is 22.7. The van der Waals surface area contributed by atoms with Gasteiger partial charge in [0.25, 0.3) is 0 Å². The average molecular weight is 225 g/mol. The minimum absolute atomic E-state index is 0.463. The molecule has 1 rings (SSSR count). The molecule has 0 radical (unpaired) electrons. The third-order valence-electron chi connectivity index (χ3n) is 4.10. The van der Waals surface area contributed by atoms with Gasteiger partial charge in [-0.2, -0.15) is 0 Å². The van der Waals surface area contributed by atoms with Gasteiger partial charge in [-0.05, 0) is 24.7 Å². The van der Waals surface area contributed by atoms with E-state index in [2.05, 4.69) is 13.8 Å². The number of rotatable bonds is 6. The van der Waals surface area contributed by atoms with E-state index in [0.717, 1.165) is 11.8 Å². The Morgan fingerprint density at radius 2 is 1.75 bits per heavy atom. The summed E-state index contributed by atoms with van der Waals surface area (Å²) < 4.78 is 0. The predicted molar refractivity (Wildman–Crippen MR) is 72.5 cm³/mol. The highest BCUT2D eigenvalue weighted by atomic mass is 14.6. The largest absolute Gasteiger partial charge is 0.328 e. The molecule has 1 saturated carbocycles. The summed E-state index contributed by atoms with van der Waals surface area (Å²) in [5.41, 5.74) is 6.29. The van der Waals surface area contributed by atoms with Gasteiger partial charge in [-0.15, -0.1) is 0 Å². The van der Waals surface area contributed by atoms with Crippen LogP contribution in [0.15, 0.2) is 0 Å². The lowest BCUT2D eigenvalue weighted by molar-refractivity contribution is 0.342. The second-order valence-electron chi connectivity index (χ2n) is 5.98. The minimum Gasteiger partial charge on any atom is -0.328 e. The maximum atomic E-state index is 6.29. The molecular weight excluding hydrogens is 194 g/mol. The van der Waals surface area contributed by atoms with Crippen LogP contribution in [-0.4, -0.2) is 6.04 Å². The monoisotopic (exact) mass is 225 g/mol. The van der Waals surface area contributed by atoms with Crippen LogP contribution in [0.25, 0.3) is 0 Å². The summed E-state index contributed by atoms with van der Waals surface area (Å²) in [6.07, 6.45) is 13.9. The predicted octanol–water partition coefficient (Wildman–Crippen LogP) is 4.50. The number of hydrogen-bond acceptors (Lipinski definition) is 1. The Morgan fingerprint density at radius 1 is 1.12 bits per heavy atom. The second-order valence-corrected chi connectivity index (χ2v) is 5.98. The average Bonchev–Trinajstić information content (AvgIpc) is 2.46. The molecule has 1 fully saturated rings. The Morgan fingerprint density at radius 3 is 2.31 bits per heavy atom. The van der Waals surface area contributed by atoms with Gasteiger partial charge in [0.15, 0.2) is 0 Å². The fourth-order valence-electron chi connectivity index (χ4n) is 3.25. The third kappa shape index (κ3) is 5.89. The van der Waals surface area contributed by atoms with E-state index >= 15 is 0 Å². The molecule has 0 saturated heterocycles. The molecule has 0 aromatic carbocycles. The van der Waals surface area contributed by atoms with E-state index in [-0.39, 0.29) is 0 Å². The van der Waals surface area contributed by atoms with Crippen LogP contribution < -0.4 is 5.73 Å². The standard InChI is InChI=1S/C15H31N/c1-3-8-13(2)11-15(16)12-14-9-6-4-5-7-10-14/h13-15H,3-12,16H2,1-2H3. The molecule has 1 heteroatoms. The van der Waals surface area contributed by atoms with Crippen molar-refractivity contribution >= 4 is 0 Å². The van der Waals surface area contributed by atoms with Crippen molar-refractivity contribution in [3.63, 3.8) is 0 Å². The van der Waals surface area contributed by atoms with E-state index in [1.807, 2.05) is 0 Å². The van der Waals surface area contributed by atoms with Crippen LogP contribution >= 0.6 is 0 Å². The molecule has 1 nitrogen and oxygen atoms in total. The van der Waals surface area contributed by atoms with Gasteiger partial charge in [0, 0.05) is 6.04 Å². The maximum Gasteiger partial charge on any atom is 0.00440 e. The summed E-state index contributed by atoms with van der Waals surface area (Å²) in [5, 5.41) is 0. The lowest BCUT2D eigenvalue weighted by atomic mass is 9.88. The van der Waals surface area contributed by atoms with Crippen molar-refractivity contribution in [1.29, 1.82) is 0 Å². The van der Waals surface area contributed by atoms with Gasteiger partial charge >= 0.3 is 0 Å². The van der Waals surface area contributed by atoms with Crippen molar-refractivity contribution in [2.24, 2.45) is 17.6 Å². The highest BCUT2D eigenvalue weighted by Gasteiger charge is 2.17. The first-order valence-corrected chi connectivity index (χ1v) is 7.48. The van der Waals surface area contributed by atoms with Crippen LogP contribution in [0, 0.1) is 11.8 Å². The van der Waals surface area contributed by atoms with Crippen molar-refractivity contribution in [3.05, 3.63) is 0 Å². The Labute approximate surface area is 102 Å². The molecule has 0 aliphatic heterocycles. The molecule has 16 heavy (non-hydrogen) atoms. The summed E-state index contributed by atoms with van der Waals surface area (Å²) >= 11 is 0. The van der Waals surface area contributed by atoms with Gasteiger partial charge in [-0.1, -0.05) is 65.2 Å². The molecule has 0 aromatic rings. The molecule has 0 aromatic heterocycles. The Hall–Kier alpha value is -0.0400. The van der Waals surface area contributed by atoms with E-state index in [4.69, 9.17) is 5.73 Å². The zero-order chi connectivity index (χ0) is 11.8. The van der Waals surface area contributed by atoms with Gasteiger partial charge < -0.3 is 5.73 Å². The topological polar surface area (TPSA) is 26.0 Å². The SMILES string of the molecule is CCCC(C)CC(N)CC1CCCCCC1. The van der Waals surface area contributed by atoms with E-state index < -0.39 is 0 Å². The van der Waals surface area contributed by atoms with E-state index in [1.165, 1.54) is 64.2 Å². The van der Waals surface area contributed by atoms with Gasteiger partial charge in [-0.25, -0.2) is 0 Å². The van der Waals surface area contributed by atoms with Crippen molar-refractivity contribution in [2.45, 2.75) is 84.1 Å². The van der Waals surface area contributed by atoms with E-state index in [0.29, 0.717) is 6.04 Å². The molecule has 2 unspecified atom stereocenters. The van der Waals surface area contributed by atoms with Crippen LogP contribution in [0.1, 0.15) is 78.1 Å². The smallest absolute Gasteiger partial charge is 0.00440 e. The lowest BCUT2D eigenvalue weighted by Crippen LogP contribution is -2.26. The molecular formula is C15H31N. The molecule has 1 aliphatic carbocycles. The summed E-state index contributed by atoms with van der Waals surface area (Å²) in [4.78, 5) is 0. The fourth-order valence-corrected chi connectivity index (χ4v) is 3.25. The van der Waals surface area contributed by atoms with Gasteiger partial charge in [0.05, 0.1) is 0 Å². The van der Waals surface area contributed by atoms with Crippen LogP contribution in [0.3, 0.4) is 0 Å². The molecule has 0 bridgehead atoms. The van der Waals surface area contributed by atoms with Gasteiger partial charge in [0.2, 0.25) is 0 Å². The second kappa shape index (κ2) is 8.11. The molecule has 0 heterocycles. The van der Waals surface area contributed by atoms with Crippen molar-refractivity contribution in [3.8, 4) is 0 Å². The van der Waals surface area contributed by atoms with Crippen LogP contribution in [0.2, 0.25) is 0 Å². The number of hydrogen-bond donors (Lipinski definition) is 1. The first-order valence-electron chi connectivity index (χ1n) is 7.48. The van der Waals surface area contributed by atoms with Crippen LogP contribution in [-0.2, 0) is 0 Å². The molecule has 0 spiro atoms. The number of nitrogens with two attached hydrogens (primary N) is 1. The first-order chi connectivity index (χ1) is 7.72. The van der Waals surface area contributed by atoms with Gasteiger partial charge in [-0.3, -0.25) is 0 Å². The zero-order valence-electron chi connectivity index (χ0n) is 11.4. The quantitative estimate of drug-likeness (QED) is 0.662. The Kier molecular flexibility index (Phi) is 7.11. The van der Waals surface area contributed by atoms with Crippen molar-refractivity contribution in [1.82, 2.24) is 0 Å². The highest BCUT2D eigenvalue weighted by molar-refractivity contribution is 4.73. The van der Waals surface area contributed by atoms with E-state index in [1.54, 1.807) is 0 Å². The molecule has 2 N–H and O–H groups in total. The Balaban J connectivity index is 2.18. The fraction of sp³-hybridized carbons (Fsp3) is 1.00. The molecule has 1 aliphatic rings. The third-order valence-corrected chi connectivity index (χ3v) is 4.10. The van der Waals surface area contributed by atoms with Crippen LogP contribution in [0.5, 0.6) is 0 Å². The van der Waals surface area contributed by atoms with Crippen molar-refractivity contribution < 1.29 is 0 Å². The molecule has 96 valence electrons. The first kappa shape index (κ1) is 14.0. The Bertz CT molecular complexity index is 159. The highest BCUT2D eigenvalue weighted by Crippen LogP contribution is 2.27. The summed E-state index contributed by atoms with van der Waals surface area (Å²) in [6.45, 7) is 4.63. The minimum atomic E-state index is 0.463. The summed E-state index contributed by atoms with van der Waals surface area (Å²) in [7, 11) is 0. The zero-order valence-corrected chi connectivity index (χ0v) is 11.4. The maximum absolute atomic E-state index is 6.29. The van der Waals surface area contributed by atoms with Gasteiger partial charge in [0.1, 0.15) is 0 Å². The summed E-state index contributed by atoms with van der Waals surface area (Å²) in [6, 6.07) is 0.463. The molecule has 2 atom stereocenters.